The molecule has 0 unspecified atom stereocenters. The lowest BCUT2D eigenvalue weighted by Crippen LogP contribution is -2.17. The average molecular weight is 286 g/mol. The lowest BCUT2D eigenvalue weighted by molar-refractivity contribution is 0.404. The third kappa shape index (κ3) is 2.04. The fourth-order valence-corrected chi connectivity index (χ4v) is 3.81. The van der Waals surface area contributed by atoms with Gasteiger partial charge in [0.2, 0.25) is 0 Å². The van der Waals surface area contributed by atoms with Crippen molar-refractivity contribution in [3.63, 3.8) is 0 Å². The van der Waals surface area contributed by atoms with Crippen LogP contribution < -0.4 is 9.46 Å². The van der Waals surface area contributed by atoms with Gasteiger partial charge in [0.1, 0.15) is 0 Å². The van der Waals surface area contributed by atoms with Crippen molar-refractivity contribution in [3.05, 3.63) is 9.85 Å². The fourth-order valence-electron chi connectivity index (χ4n) is 0.769. The molecule has 1 aromatic rings. The van der Waals surface area contributed by atoms with Crippen molar-refractivity contribution in [1.29, 1.82) is 0 Å². The van der Waals surface area contributed by atoms with Crippen molar-refractivity contribution in [2.75, 3.05) is 14.2 Å². The molecule has 0 atom stereocenters. The maximum absolute atomic E-state index is 11.4. The van der Waals surface area contributed by atoms with Gasteiger partial charge < -0.3 is 4.74 Å². The van der Waals surface area contributed by atoms with Crippen molar-refractivity contribution in [2.24, 2.45) is 0 Å². The van der Waals surface area contributed by atoms with Crippen molar-refractivity contribution in [2.45, 2.75) is 4.21 Å². The summed E-state index contributed by atoms with van der Waals surface area (Å²) in [5, 5.41) is 1.67. The Labute approximate surface area is 89.1 Å². The van der Waals surface area contributed by atoms with Gasteiger partial charge in [-0.3, -0.25) is 0 Å². The Balaban J connectivity index is 3.31. The zero-order chi connectivity index (χ0) is 10.1. The first-order valence-corrected chi connectivity index (χ1v) is 6.43. The number of rotatable bonds is 3. The molecule has 7 heteroatoms. The first-order valence-electron chi connectivity index (χ1n) is 3.27. The van der Waals surface area contributed by atoms with Crippen LogP contribution in [0.4, 0.5) is 0 Å². The molecular weight excluding hydrogens is 278 g/mol. The third-order valence-corrected chi connectivity index (χ3v) is 5.19. The zero-order valence-corrected chi connectivity index (χ0v) is 10.2. The number of hydrogen-bond acceptors (Lipinski definition) is 4. The van der Waals surface area contributed by atoms with Gasteiger partial charge in [-0.2, -0.15) is 0 Å². The van der Waals surface area contributed by atoms with E-state index in [0.717, 1.165) is 11.3 Å². The smallest absolute Gasteiger partial charge is 0.253 e. The van der Waals surface area contributed by atoms with Crippen LogP contribution in [0.5, 0.6) is 5.75 Å². The highest BCUT2D eigenvalue weighted by atomic mass is 79.9. The molecule has 0 aliphatic rings. The summed E-state index contributed by atoms with van der Waals surface area (Å²) in [6.07, 6.45) is 0. The molecule has 74 valence electrons. The van der Waals surface area contributed by atoms with Crippen molar-refractivity contribution >= 4 is 37.3 Å². The van der Waals surface area contributed by atoms with Gasteiger partial charge in [-0.05, 0) is 23.0 Å². The van der Waals surface area contributed by atoms with Crippen LogP contribution in [-0.2, 0) is 10.0 Å². The number of sulfonamides is 1. The van der Waals surface area contributed by atoms with E-state index >= 15 is 0 Å². The van der Waals surface area contributed by atoms with Gasteiger partial charge in [0, 0.05) is 5.38 Å². The van der Waals surface area contributed by atoms with Crippen LogP contribution in [0.15, 0.2) is 14.1 Å². The van der Waals surface area contributed by atoms with Crippen LogP contribution in [0, 0.1) is 0 Å². The molecular formula is C6H8BrNO3S2. The Kier molecular flexibility index (Phi) is 3.33. The summed E-state index contributed by atoms with van der Waals surface area (Å²) >= 11 is 4.30. The minimum atomic E-state index is -3.41. The van der Waals surface area contributed by atoms with Crippen molar-refractivity contribution in [3.8, 4) is 5.75 Å². The zero-order valence-electron chi connectivity index (χ0n) is 7.00. The number of nitrogens with one attached hydrogen (secondary N) is 1. The number of hydrogen-bond donors (Lipinski definition) is 1. The molecule has 1 rings (SSSR count). The maximum Gasteiger partial charge on any atom is 0.253 e. The number of ether oxygens (including phenoxy) is 1. The van der Waals surface area contributed by atoms with E-state index in [2.05, 4.69) is 20.7 Å². The quantitative estimate of drug-likeness (QED) is 0.914. The first kappa shape index (κ1) is 11.0. The second kappa shape index (κ2) is 3.95. The Hall–Kier alpha value is -0.110. The largest absolute Gasteiger partial charge is 0.493 e. The second-order valence-corrected chi connectivity index (χ2v) is 5.93. The molecule has 1 N–H and O–H groups in total. The first-order chi connectivity index (χ1) is 6.03. The molecule has 4 nitrogen and oxygen atoms in total. The summed E-state index contributed by atoms with van der Waals surface area (Å²) in [5.41, 5.74) is 0. The molecule has 0 spiro atoms. The normalized spacial score (nSPS) is 11.6. The van der Waals surface area contributed by atoms with E-state index < -0.39 is 10.0 Å². The summed E-state index contributed by atoms with van der Waals surface area (Å²) in [6, 6.07) is 0. The fraction of sp³-hybridized carbons (Fsp3) is 0.333. The molecule has 0 aliphatic carbocycles. The SMILES string of the molecule is CNS(=O)(=O)c1scc(Br)c1OC. The highest BCUT2D eigenvalue weighted by Crippen LogP contribution is 2.37. The third-order valence-electron chi connectivity index (χ3n) is 1.39. The molecule has 0 aliphatic heterocycles. The minimum Gasteiger partial charge on any atom is -0.493 e. The molecule has 0 saturated heterocycles. The Bertz CT molecular complexity index is 398. The molecule has 0 fully saturated rings. The van der Waals surface area contributed by atoms with Gasteiger partial charge in [-0.1, -0.05) is 0 Å². The molecule has 1 aromatic heterocycles. The monoisotopic (exact) mass is 285 g/mol. The Morgan fingerprint density at radius 3 is 2.69 bits per heavy atom. The summed E-state index contributed by atoms with van der Waals surface area (Å²) < 4.78 is 30.8. The van der Waals surface area contributed by atoms with E-state index in [0.29, 0.717) is 10.2 Å². The van der Waals surface area contributed by atoms with E-state index in [-0.39, 0.29) is 4.21 Å². The molecule has 0 saturated carbocycles. The summed E-state index contributed by atoms with van der Waals surface area (Å²) in [7, 11) is -0.611. The molecule has 0 amide bonds. The van der Waals surface area contributed by atoms with Gasteiger partial charge in [-0.15, -0.1) is 11.3 Å². The van der Waals surface area contributed by atoms with Crippen LogP contribution in [0.3, 0.4) is 0 Å². The second-order valence-electron chi connectivity index (χ2n) is 2.11. The van der Waals surface area contributed by atoms with E-state index in [1.165, 1.54) is 14.2 Å². The molecule has 0 aromatic carbocycles. The van der Waals surface area contributed by atoms with E-state index in [4.69, 9.17) is 4.74 Å². The van der Waals surface area contributed by atoms with Crippen LogP contribution in [0.25, 0.3) is 0 Å². The van der Waals surface area contributed by atoms with Crippen molar-refractivity contribution in [1.82, 2.24) is 4.72 Å². The maximum atomic E-state index is 11.4. The van der Waals surface area contributed by atoms with Crippen LogP contribution in [-0.4, -0.2) is 22.6 Å². The summed E-state index contributed by atoms with van der Waals surface area (Å²) in [6.45, 7) is 0. The van der Waals surface area contributed by atoms with Gasteiger partial charge in [0.15, 0.2) is 9.96 Å². The van der Waals surface area contributed by atoms with E-state index in [1.807, 2.05) is 0 Å². The van der Waals surface area contributed by atoms with Crippen LogP contribution in [0.1, 0.15) is 0 Å². The topological polar surface area (TPSA) is 55.4 Å². The van der Waals surface area contributed by atoms with E-state index in [1.54, 1.807) is 5.38 Å². The van der Waals surface area contributed by atoms with Gasteiger partial charge in [0.25, 0.3) is 10.0 Å². The lowest BCUT2D eigenvalue weighted by Gasteiger charge is -2.02. The summed E-state index contributed by atoms with van der Waals surface area (Å²) in [5.74, 6) is 0.347. The highest BCUT2D eigenvalue weighted by Gasteiger charge is 2.21. The van der Waals surface area contributed by atoms with Crippen LogP contribution in [0.2, 0.25) is 0 Å². The highest BCUT2D eigenvalue weighted by molar-refractivity contribution is 9.10. The average Bonchev–Trinajstić information content (AvgIpc) is 2.47. The minimum absolute atomic E-state index is 0.185. The number of thiophene rings is 1. The standard InChI is InChI=1S/C6H8BrNO3S2/c1-8-13(9,10)6-5(11-2)4(7)3-12-6/h3,8H,1-2H3. The van der Waals surface area contributed by atoms with Crippen LogP contribution >= 0.6 is 27.3 Å². The molecule has 1 heterocycles. The number of methoxy groups -OCH3 is 1. The summed E-state index contributed by atoms with van der Waals surface area (Å²) in [4.78, 5) is 0. The Morgan fingerprint density at radius 1 is 1.62 bits per heavy atom. The van der Waals surface area contributed by atoms with Gasteiger partial charge in [-0.25, -0.2) is 13.1 Å². The Morgan fingerprint density at radius 2 is 2.23 bits per heavy atom. The molecule has 0 bridgehead atoms. The predicted octanol–water partition coefficient (Wildman–Crippen LogP) is 1.43. The molecule has 0 radical (unpaired) electrons. The van der Waals surface area contributed by atoms with E-state index in [9.17, 15) is 8.42 Å². The molecule has 13 heavy (non-hydrogen) atoms. The van der Waals surface area contributed by atoms with Gasteiger partial charge >= 0.3 is 0 Å². The lowest BCUT2D eigenvalue weighted by atomic mass is 10.6. The number of halogens is 1. The van der Waals surface area contributed by atoms with Crippen molar-refractivity contribution < 1.29 is 13.2 Å². The van der Waals surface area contributed by atoms with Gasteiger partial charge in [0.05, 0.1) is 11.6 Å². The predicted molar refractivity (Wildman–Crippen MR) is 54.8 cm³/mol.